The van der Waals surface area contributed by atoms with Crippen LogP contribution in [0.3, 0.4) is 0 Å². The zero-order valence-corrected chi connectivity index (χ0v) is 13.0. The molecule has 1 aliphatic rings. The first-order chi connectivity index (χ1) is 10.6. The standard InChI is InChI=1S/C14H17ClN6O/c1-8(14-20-19-11-4-2-3-5-21(11)14)18-13-10(15)6-9(7-17-13)12(16)22/h6-8H,2-5H2,1H3,(H2,16,22)(H,17,18). The van der Waals surface area contributed by atoms with Crippen LogP contribution in [0.5, 0.6) is 0 Å². The molecule has 0 spiro atoms. The predicted octanol–water partition coefficient (Wildman–Crippen LogP) is 1.93. The lowest BCUT2D eigenvalue weighted by atomic mass is 10.1. The summed E-state index contributed by atoms with van der Waals surface area (Å²) in [5.41, 5.74) is 5.49. The number of halogens is 1. The summed E-state index contributed by atoms with van der Waals surface area (Å²) < 4.78 is 2.15. The van der Waals surface area contributed by atoms with Crippen molar-refractivity contribution in [2.75, 3.05) is 5.32 Å². The Hall–Kier alpha value is -2.15. The fourth-order valence-electron chi connectivity index (χ4n) is 2.60. The van der Waals surface area contributed by atoms with E-state index in [2.05, 4.69) is 25.1 Å². The van der Waals surface area contributed by atoms with Crippen LogP contribution in [-0.2, 0) is 13.0 Å². The number of pyridine rings is 1. The number of aromatic nitrogens is 4. The Morgan fingerprint density at radius 1 is 1.45 bits per heavy atom. The summed E-state index contributed by atoms with van der Waals surface area (Å²) in [7, 11) is 0. The van der Waals surface area contributed by atoms with Crippen molar-refractivity contribution in [1.82, 2.24) is 19.7 Å². The summed E-state index contributed by atoms with van der Waals surface area (Å²) in [5.74, 6) is 1.83. The lowest BCUT2D eigenvalue weighted by Gasteiger charge is -2.19. The van der Waals surface area contributed by atoms with Gasteiger partial charge in [-0.3, -0.25) is 4.79 Å². The molecule has 0 saturated heterocycles. The number of carbonyl (C=O) groups excluding carboxylic acids is 1. The molecule has 1 aliphatic heterocycles. The number of primary amides is 1. The normalized spacial score (nSPS) is 15.2. The molecule has 22 heavy (non-hydrogen) atoms. The van der Waals surface area contributed by atoms with Gasteiger partial charge in [0.05, 0.1) is 16.6 Å². The van der Waals surface area contributed by atoms with Crippen molar-refractivity contribution in [3.63, 3.8) is 0 Å². The molecule has 116 valence electrons. The monoisotopic (exact) mass is 320 g/mol. The maximum atomic E-state index is 11.1. The number of nitrogens with one attached hydrogen (secondary N) is 1. The van der Waals surface area contributed by atoms with Gasteiger partial charge in [0, 0.05) is 19.2 Å². The molecule has 1 atom stereocenters. The van der Waals surface area contributed by atoms with Gasteiger partial charge in [-0.15, -0.1) is 10.2 Å². The Morgan fingerprint density at radius 3 is 3.00 bits per heavy atom. The van der Waals surface area contributed by atoms with Crippen molar-refractivity contribution < 1.29 is 4.79 Å². The van der Waals surface area contributed by atoms with Crippen LogP contribution in [0.2, 0.25) is 5.02 Å². The van der Waals surface area contributed by atoms with Crippen molar-refractivity contribution in [3.8, 4) is 0 Å². The third-order valence-corrected chi connectivity index (χ3v) is 4.04. The minimum absolute atomic E-state index is 0.0937. The Balaban J connectivity index is 1.81. The maximum Gasteiger partial charge on any atom is 0.250 e. The van der Waals surface area contributed by atoms with Crippen molar-refractivity contribution >= 4 is 23.3 Å². The van der Waals surface area contributed by atoms with Crippen molar-refractivity contribution in [3.05, 3.63) is 34.5 Å². The van der Waals surface area contributed by atoms with E-state index in [-0.39, 0.29) is 11.6 Å². The number of aryl methyl sites for hydroxylation is 1. The number of anilines is 1. The summed E-state index contributed by atoms with van der Waals surface area (Å²) in [5, 5.41) is 12.1. The fraction of sp³-hybridized carbons (Fsp3) is 0.429. The van der Waals surface area contributed by atoms with Crippen LogP contribution < -0.4 is 11.1 Å². The van der Waals surface area contributed by atoms with Gasteiger partial charge in [-0.2, -0.15) is 0 Å². The van der Waals surface area contributed by atoms with E-state index in [1.807, 2.05) is 6.92 Å². The van der Waals surface area contributed by atoms with Gasteiger partial charge in [-0.1, -0.05) is 11.6 Å². The number of rotatable bonds is 4. The second-order valence-corrected chi connectivity index (χ2v) is 5.78. The Kier molecular flexibility index (Phi) is 3.98. The third kappa shape index (κ3) is 2.76. The minimum atomic E-state index is -0.555. The van der Waals surface area contributed by atoms with E-state index in [0.717, 1.165) is 37.5 Å². The van der Waals surface area contributed by atoms with Crippen LogP contribution in [0.15, 0.2) is 12.3 Å². The molecule has 8 heteroatoms. The van der Waals surface area contributed by atoms with Gasteiger partial charge >= 0.3 is 0 Å². The molecule has 3 N–H and O–H groups in total. The highest BCUT2D eigenvalue weighted by atomic mass is 35.5. The first kappa shape index (κ1) is 14.8. The van der Waals surface area contributed by atoms with E-state index in [1.165, 1.54) is 12.3 Å². The second kappa shape index (κ2) is 5.92. The maximum absolute atomic E-state index is 11.1. The quantitative estimate of drug-likeness (QED) is 0.897. The van der Waals surface area contributed by atoms with Crippen LogP contribution in [-0.4, -0.2) is 25.7 Å². The highest BCUT2D eigenvalue weighted by Crippen LogP contribution is 2.26. The molecule has 0 fully saturated rings. The SMILES string of the molecule is CC(Nc1ncc(C(N)=O)cc1Cl)c1nnc2n1CCCC2. The van der Waals surface area contributed by atoms with E-state index in [1.54, 1.807) is 0 Å². The molecular formula is C14H17ClN6O. The Morgan fingerprint density at radius 2 is 2.27 bits per heavy atom. The Labute approximate surface area is 132 Å². The van der Waals surface area contributed by atoms with Crippen molar-refractivity contribution in [1.29, 1.82) is 0 Å². The van der Waals surface area contributed by atoms with Crippen LogP contribution in [0.4, 0.5) is 5.82 Å². The topological polar surface area (TPSA) is 98.7 Å². The number of hydrogen-bond acceptors (Lipinski definition) is 5. The highest BCUT2D eigenvalue weighted by Gasteiger charge is 2.21. The van der Waals surface area contributed by atoms with Gasteiger partial charge in [-0.25, -0.2) is 4.98 Å². The second-order valence-electron chi connectivity index (χ2n) is 5.37. The molecule has 7 nitrogen and oxygen atoms in total. The molecule has 3 rings (SSSR count). The van der Waals surface area contributed by atoms with Gasteiger partial charge in [0.1, 0.15) is 11.6 Å². The molecule has 2 aromatic heterocycles. The summed E-state index contributed by atoms with van der Waals surface area (Å²) in [4.78, 5) is 15.3. The first-order valence-electron chi connectivity index (χ1n) is 7.20. The van der Waals surface area contributed by atoms with Crippen LogP contribution >= 0.6 is 11.6 Å². The van der Waals surface area contributed by atoms with Crippen LogP contribution in [0.1, 0.15) is 47.8 Å². The number of nitrogens with zero attached hydrogens (tertiary/aromatic N) is 4. The minimum Gasteiger partial charge on any atom is -0.366 e. The van der Waals surface area contributed by atoms with Gasteiger partial charge in [0.15, 0.2) is 5.82 Å². The van der Waals surface area contributed by atoms with Gasteiger partial charge < -0.3 is 15.6 Å². The van der Waals surface area contributed by atoms with Crippen molar-refractivity contribution in [2.24, 2.45) is 5.73 Å². The number of hydrogen-bond donors (Lipinski definition) is 2. The first-order valence-corrected chi connectivity index (χ1v) is 7.58. The van der Waals surface area contributed by atoms with E-state index in [4.69, 9.17) is 17.3 Å². The number of nitrogens with two attached hydrogens (primary N) is 1. The molecule has 0 aromatic carbocycles. The van der Waals surface area contributed by atoms with Crippen molar-refractivity contribution in [2.45, 2.75) is 38.8 Å². The summed E-state index contributed by atoms with van der Waals surface area (Å²) in [6.45, 7) is 2.91. The number of carbonyl (C=O) groups is 1. The number of fused-ring (bicyclic) bond motifs is 1. The molecular weight excluding hydrogens is 304 g/mol. The average molecular weight is 321 g/mol. The smallest absolute Gasteiger partial charge is 0.250 e. The zero-order valence-electron chi connectivity index (χ0n) is 12.2. The molecule has 3 heterocycles. The van der Waals surface area contributed by atoms with E-state index >= 15 is 0 Å². The van der Waals surface area contributed by atoms with Crippen LogP contribution in [0, 0.1) is 0 Å². The Bertz CT molecular complexity index is 713. The van der Waals surface area contributed by atoms with E-state index in [9.17, 15) is 4.79 Å². The van der Waals surface area contributed by atoms with E-state index in [0.29, 0.717) is 10.8 Å². The highest BCUT2D eigenvalue weighted by molar-refractivity contribution is 6.33. The van der Waals surface area contributed by atoms with Crippen LogP contribution in [0.25, 0.3) is 0 Å². The molecule has 1 amide bonds. The lowest BCUT2D eigenvalue weighted by molar-refractivity contribution is 0.1000. The lowest BCUT2D eigenvalue weighted by Crippen LogP contribution is -2.19. The predicted molar refractivity (Wildman–Crippen MR) is 82.8 cm³/mol. The molecule has 0 bridgehead atoms. The average Bonchev–Trinajstić information content (AvgIpc) is 2.93. The molecule has 0 aliphatic carbocycles. The molecule has 2 aromatic rings. The largest absolute Gasteiger partial charge is 0.366 e. The van der Waals surface area contributed by atoms with Gasteiger partial charge in [0.25, 0.3) is 0 Å². The number of amides is 1. The van der Waals surface area contributed by atoms with Gasteiger partial charge in [0.2, 0.25) is 5.91 Å². The van der Waals surface area contributed by atoms with E-state index < -0.39 is 5.91 Å². The summed E-state index contributed by atoms with van der Waals surface area (Å²) in [6, 6.07) is 1.41. The summed E-state index contributed by atoms with van der Waals surface area (Å²) >= 11 is 6.15. The fourth-order valence-corrected chi connectivity index (χ4v) is 2.82. The summed E-state index contributed by atoms with van der Waals surface area (Å²) in [6.07, 6.45) is 4.66. The molecule has 0 saturated carbocycles. The third-order valence-electron chi connectivity index (χ3n) is 3.75. The van der Waals surface area contributed by atoms with Gasteiger partial charge in [-0.05, 0) is 25.8 Å². The molecule has 1 unspecified atom stereocenters. The zero-order chi connectivity index (χ0) is 15.7. The molecule has 0 radical (unpaired) electrons.